The second-order valence-electron chi connectivity index (χ2n) is 5.79. The van der Waals surface area contributed by atoms with Gasteiger partial charge >= 0.3 is 0 Å². The molecule has 3 rings (SSSR count). The molecule has 0 aliphatic rings. The number of hydrogen-bond acceptors (Lipinski definition) is 4. The summed E-state index contributed by atoms with van der Waals surface area (Å²) in [5, 5.41) is 4.27. The first-order valence-corrected chi connectivity index (χ1v) is 9.52. The van der Waals surface area contributed by atoms with Crippen molar-refractivity contribution in [2.75, 3.05) is 12.0 Å². The van der Waals surface area contributed by atoms with Gasteiger partial charge in [0.25, 0.3) is 0 Å². The van der Waals surface area contributed by atoms with Crippen molar-refractivity contribution in [2.45, 2.75) is 13.5 Å². The highest BCUT2D eigenvalue weighted by atomic mass is 79.9. The molecule has 0 atom stereocenters. The number of anilines is 1. The van der Waals surface area contributed by atoms with Crippen LogP contribution in [0.25, 0.3) is 0 Å². The Morgan fingerprint density at radius 3 is 2.44 bits per heavy atom. The summed E-state index contributed by atoms with van der Waals surface area (Å²) in [7, 11) is 0. The maximum Gasteiger partial charge on any atom is 0.161 e. The van der Waals surface area contributed by atoms with E-state index in [2.05, 4.69) is 26.5 Å². The topological polar surface area (TPSA) is 42.8 Å². The van der Waals surface area contributed by atoms with Crippen LogP contribution in [0.2, 0.25) is 0 Å². The number of halogens is 1. The number of hydrogen-bond donors (Lipinski definition) is 1. The number of rotatable bonds is 8. The fourth-order valence-electron chi connectivity index (χ4n) is 2.43. The van der Waals surface area contributed by atoms with E-state index in [1.807, 2.05) is 79.7 Å². The van der Waals surface area contributed by atoms with Crippen molar-refractivity contribution >= 4 is 27.8 Å². The molecule has 0 spiro atoms. The Morgan fingerprint density at radius 1 is 0.926 bits per heavy atom. The molecule has 5 heteroatoms. The Hall–Kier alpha value is -2.79. The lowest BCUT2D eigenvalue weighted by Gasteiger charge is -2.12. The molecular weight excluding hydrogens is 404 g/mol. The monoisotopic (exact) mass is 424 g/mol. The van der Waals surface area contributed by atoms with Gasteiger partial charge < -0.3 is 9.47 Å². The summed E-state index contributed by atoms with van der Waals surface area (Å²) < 4.78 is 12.7. The lowest BCUT2D eigenvalue weighted by molar-refractivity contribution is 0.269. The maximum atomic E-state index is 5.94. The molecule has 27 heavy (non-hydrogen) atoms. The molecule has 0 amide bonds. The average Bonchev–Trinajstić information content (AvgIpc) is 2.70. The van der Waals surface area contributed by atoms with Crippen LogP contribution in [-0.4, -0.2) is 12.8 Å². The summed E-state index contributed by atoms with van der Waals surface area (Å²) in [5.74, 6) is 1.42. The number of benzene rings is 3. The van der Waals surface area contributed by atoms with Crippen LogP contribution in [0.5, 0.6) is 11.5 Å². The first-order valence-electron chi connectivity index (χ1n) is 8.73. The average molecular weight is 425 g/mol. The molecule has 0 aromatic heterocycles. The van der Waals surface area contributed by atoms with Gasteiger partial charge in [-0.1, -0.05) is 46.3 Å². The fourth-order valence-corrected chi connectivity index (χ4v) is 2.69. The predicted molar refractivity (Wildman–Crippen MR) is 114 cm³/mol. The van der Waals surface area contributed by atoms with Crippen LogP contribution in [0.4, 0.5) is 5.69 Å². The van der Waals surface area contributed by atoms with E-state index in [1.54, 1.807) is 6.21 Å². The maximum absolute atomic E-state index is 5.94. The molecule has 1 N–H and O–H groups in total. The van der Waals surface area contributed by atoms with Crippen molar-refractivity contribution in [2.24, 2.45) is 5.10 Å². The van der Waals surface area contributed by atoms with E-state index >= 15 is 0 Å². The van der Waals surface area contributed by atoms with Crippen LogP contribution in [0.1, 0.15) is 18.1 Å². The van der Waals surface area contributed by atoms with Crippen molar-refractivity contribution in [3.63, 3.8) is 0 Å². The van der Waals surface area contributed by atoms with Gasteiger partial charge in [0.15, 0.2) is 11.5 Å². The van der Waals surface area contributed by atoms with E-state index in [0.29, 0.717) is 24.7 Å². The summed E-state index contributed by atoms with van der Waals surface area (Å²) in [6.07, 6.45) is 1.76. The number of nitrogens with one attached hydrogen (secondary N) is 1. The largest absolute Gasteiger partial charge is 0.490 e. The third-order valence-corrected chi connectivity index (χ3v) is 4.28. The van der Waals surface area contributed by atoms with Crippen LogP contribution < -0.4 is 14.9 Å². The van der Waals surface area contributed by atoms with E-state index in [4.69, 9.17) is 9.47 Å². The van der Waals surface area contributed by atoms with Crippen molar-refractivity contribution in [3.05, 3.63) is 88.4 Å². The second-order valence-corrected chi connectivity index (χ2v) is 6.71. The highest BCUT2D eigenvalue weighted by molar-refractivity contribution is 9.10. The van der Waals surface area contributed by atoms with Crippen molar-refractivity contribution in [1.29, 1.82) is 0 Å². The minimum atomic E-state index is 0.482. The molecule has 0 fully saturated rings. The van der Waals surface area contributed by atoms with Crippen LogP contribution in [0.3, 0.4) is 0 Å². The Labute approximate surface area is 168 Å². The highest BCUT2D eigenvalue weighted by Gasteiger charge is 2.06. The number of nitrogens with zero attached hydrogens (tertiary/aromatic N) is 1. The summed E-state index contributed by atoms with van der Waals surface area (Å²) >= 11 is 3.44. The van der Waals surface area contributed by atoms with Gasteiger partial charge in [0, 0.05) is 4.47 Å². The summed E-state index contributed by atoms with van der Waals surface area (Å²) in [6.45, 7) is 3.00. The van der Waals surface area contributed by atoms with Crippen molar-refractivity contribution < 1.29 is 9.47 Å². The summed E-state index contributed by atoms with van der Waals surface area (Å²) in [5.41, 5.74) is 5.97. The van der Waals surface area contributed by atoms with E-state index < -0.39 is 0 Å². The van der Waals surface area contributed by atoms with Crippen LogP contribution in [0.15, 0.2) is 82.4 Å². The van der Waals surface area contributed by atoms with E-state index in [0.717, 1.165) is 21.3 Å². The molecule has 0 heterocycles. The first-order chi connectivity index (χ1) is 13.2. The first kappa shape index (κ1) is 19.0. The number of hydrazone groups is 1. The SMILES string of the molecule is CCOc1cc(/C=N\Nc2ccccc2)ccc1OCc1ccc(Br)cc1. The van der Waals surface area contributed by atoms with Gasteiger partial charge in [-0.05, 0) is 60.5 Å². The Bertz CT molecular complexity index is 881. The molecule has 0 aliphatic heterocycles. The molecule has 0 bridgehead atoms. The zero-order chi connectivity index (χ0) is 18.9. The smallest absolute Gasteiger partial charge is 0.161 e. The van der Waals surface area contributed by atoms with Gasteiger partial charge in [0.1, 0.15) is 6.61 Å². The molecule has 0 saturated carbocycles. The summed E-state index contributed by atoms with van der Waals surface area (Å²) in [4.78, 5) is 0. The molecule has 0 unspecified atom stereocenters. The van der Waals surface area contributed by atoms with Crippen molar-refractivity contribution in [3.8, 4) is 11.5 Å². The third kappa shape index (κ3) is 5.86. The minimum Gasteiger partial charge on any atom is -0.490 e. The quantitative estimate of drug-likeness (QED) is 0.363. The zero-order valence-electron chi connectivity index (χ0n) is 15.1. The van der Waals surface area contributed by atoms with E-state index in [1.165, 1.54) is 0 Å². The van der Waals surface area contributed by atoms with Gasteiger partial charge in [-0.2, -0.15) is 5.10 Å². The molecular formula is C22H21BrN2O2. The van der Waals surface area contributed by atoms with Gasteiger partial charge in [-0.25, -0.2) is 0 Å². The molecule has 0 saturated heterocycles. The zero-order valence-corrected chi connectivity index (χ0v) is 16.6. The van der Waals surface area contributed by atoms with Crippen LogP contribution in [0, 0.1) is 0 Å². The molecule has 4 nitrogen and oxygen atoms in total. The minimum absolute atomic E-state index is 0.482. The third-order valence-electron chi connectivity index (χ3n) is 3.76. The Kier molecular flexibility index (Phi) is 6.88. The van der Waals surface area contributed by atoms with Crippen LogP contribution in [-0.2, 0) is 6.61 Å². The Morgan fingerprint density at radius 2 is 1.70 bits per heavy atom. The van der Waals surface area contributed by atoms with Gasteiger partial charge in [-0.15, -0.1) is 0 Å². The standard InChI is InChI=1S/C22H21BrN2O2/c1-2-26-22-14-18(15-24-25-20-6-4-3-5-7-20)10-13-21(22)27-16-17-8-11-19(23)12-9-17/h3-15,25H,2,16H2,1H3/b24-15-. The Balaban J connectivity index is 1.67. The predicted octanol–water partition coefficient (Wildman–Crippen LogP) is 5.87. The molecule has 138 valence electrons. The fraction of sp³-hybridized carbons (Fsp3) is 0.136. The van der Waals surface area contributed by atoms with Gasteiger partial charge in [0.05, 0.1) is 18.5 Å². The molecule has 0 aliphatic carbocycles. The second kappa shape index (κ2) is 9.78. The van der Waals surface area contributed by atoms with Gasteiger partial charge in [-0.3, -0.25) is 5.43 Å². The normalized spacial score (nSPS) is 10.7. The molecule has 3 aromatic carbocycles. The van der Waals surface area contributed by atoms with E-state index in [-0.39, 0.29) is 0 Å². The van der Waals surface area contributed by atoms with Crippen LogP contribution >= 0.6 is 15.9 Å². The number of ether oxygens (including phenoxy) is 2. The highest BCUT2D eigenvalue weighted by Crippen LogP contribution is 2.29. The molecule has 3 aromatic rings. The lowest BCUT2D eigenvalue weighted by Crippen LogP contribution is -2.00. The van der Waals surface area contributed by atoms with Crippen molar-refractivity contribution in [1.82, 2.24) is 0 Å². The lowest BCUT2D eigenvalue weighted by atomic mass is 10.2. The molecule has 0 radical (unpaired) electrons. The van der Waals surface area contributed by atoms with Gasteiger partial charge in [0.2, 0.25) is 0 Å². The van der Waals surface area contributed by atoms with E-state index in [9.17, 15) is 0 Å². The number of para-hydroxylation sites is 1. The summed E-state index contributed by atoms with van der Waals surface area (Å²) in [6, 6.07) is 23.7.